The minimum atomic E-state index is -0.438. The van der Waals surface area contributed by atoms with Crippen molar-refractivity contribution < 1.29 is 9.53 Å². The number of thioether (sulfide) groups is 2. The second kappa shape index (κ2) is 16.9. The van der Waals surface area contributed by atoms with E-state index in [1.165, 1.54) is 76.0 Å². The molecule has 0 aliphatic carbocycles. The normalized spacial score (nSPS) is 12.8. The Bertz CT molecular complexity index is 384. The van der Waals surface area contributed by atoms with E-state index < -0.39 is 5.60 Å². The van der Waals surface area contributed by atoms with E-state index in [1.54, 1.807) is 11.8 Å². The lowest BCUT2D eigenvalue weighted by Gasteiger charge is -2.22. The molecule has 0 aromatic carbocycles. The Hall–Kier alpha value is 0.990. The average molecular weight is 533 g/mol. The second-order valence-corrected chi connectivity index (χ2v) is 12.0. The highest BCUT2D eigenvalue weighted by molar-refractivity contribution is 14.1. The Labute approximate surface area is 189 Å². The number of unbranched alkanes of at least 4 members (excludes halogenated alkanes) is 9. The molecule has 0 fully saturated rings. The Morgan fingerprint density at radius 2 is 1.50 bits per heavy atom. The molecule has 6 heteroatoms. The van der Waals surface area contributed by atoms with Crippen molar-refractivity contribution in [1.82, 2.24) is 0 Å². The van der Waals surface area contributed by atoms with Gasteiger partial charge in [0.1, 0.15) is 14.4 Å². The summed E-state index contributed by atoms with van der Waals surface area (Å²) in [5.74, 6) is 0.906. The van der Waals surface area contributed by atoms with Crippen LogP contribution < -0.4 is 0 Å². The average Bonchev–Trinajstić information content (AvgIpc) is 2.55. The maximum Gasteiger partial charge on any atom is 0.320 e. The molecule has 0 aliphatic heterocycles. The van der Waals surface area contributed by atoms with Crippen LogP contribution in [-0.2, 0) is 9.53 Å². The Morgan fingerprint density at radius 3 is 1.96 bits per heavy atom. The maximum absolute atomic E-state index is 12.2. The molecule has 1 atom stereocenters. The van der Waals surface area contributed by atoms with Gasteiger partial charge in [-0.25, -0.2) is 0 Å². The van der Waals surface area contributed by atoms with Gasteiger partial charge in [-0.1, -0.05) is 111 Å². The standard InChI is InChI=1S/C20H37IO2S3/c1-5-6-7-8-9-10-11-12-13-14-15-25-19(24)26-17(16-21)18(22)23-20(2,3)4/h17H,5-16H2,1-4H3. The molecule has 26 heavy (non-hydrogen) atoms. The van der Waals surface area contributed by atoms with Crippen LogP contribution in [0.2, 0.25) is 0 Å². The van der Waals surface area contributed by atoms with Crippen LogP contribution in [0.3, 0.4) is 0 Å². The lowest BCUT2D eigenvalue weighted by Crippen LogP contribution is -2.31. The van der Waals surface area contributed by atoms with Crippen LogP contribution >= 0.6 is 58.3 Å². The van der Waals surface area contributed by atoms with Gasteiger partial charge in [-0.05, 0) is 32.9 Å². The quantitative estimate of drug-likeness (QED) is 0.0748. The highest BCUT2D eigenvalue weighted by atomic mass is 127. The molecule has 0 aliphatic rings. The number of rotatable bonds is 14. The van der Waals surface area contributed by atoms with E-state index >= 15 is 0 Å². The fourth-order valence-electron chi connectivity index (χ4n) is 2.41. The van der Waals surface area contributed by atoms with E-state index in [-0.39, 0.29) is 11.2 Å². The fraction of sp³-hybridized carbons (Fsp3) is 0.900. The van der Waals surface area contributed by atoms with Gasteiger partial charge >= 0.3 is 5.97 Å². The van der Waals surface area contributed by atoms with E-state index in [9.17, 15) is 4.79 Å². The van der Waals surface area contributed by atoms with Crippen LogP contribution in [0.4, 0.5) is 0 Å². The topological polar surface area (TPSA) is 26.3 Å². The number of hydrogen-bond donors (Lipinski definition) is 0. The van der Waals surface area contributed by atoms with Gasteiger partial charge in [0.2, 0.25) is 0 Å². The Balaban J connectivity index is 3.68. The molecule has 0 aromatic rings. The minimum Gasteiger partial charge on any atom is -0.459 e. The number of halogens is 1. The van der Waals surface area contributed by atoms with E-state index in [0.717, 1.165) is 13.7 Å². The van der Waals surface area contributed by atoms with Crippen molar-refractivity contribution in [1.29, 1.82) is 0 Å². The molecule has 0 aromatic heterocycles. The van der Waals surface area contributed by atoms with Crippen molar-refractivity contribution in [2.24, 2.45) is 0 Å². The van der Waals surface area contributed by atoms with Crippen LogP contribution in [-0.4, -0.2) is 30.5 Å². The zero-order chi connectivity index (χ0) is 19.8. The number of carbonyl (C=O) groups is 1. The van der Waals surface area contributed by atoms with E-state index in [2.05, 4.69) is 29.5 Å². The Kier molecular flexibility index (Phi) is 17.5. The van der Waals surface area contributed by atoms with Gasteiger partial charge in [0.15, 0.2) is 0 Å². The SMILES string of the molecule is CCCCCCCCCCCCSC(=S)SC(CI)C(=O)OC(C)(C)C. The summed E-state index contributed by atoms with van der Waals surface area (Å²) >= 11 is 10.9. The number of ether oxygens (including phenoxy) is 1. The number of esters is 1. The zero-order valence-corrected chi connectivity index (χ0v) is 21.6. The summed E-state index contributed by atoms with van der Waals surface area (Å²) in [6.07, 6.45) is 13.5. The first-order chi connectivity index (χ1) is 12.3. The van der Waals surface area contributed by atoms with E-state index in [0.29, 0.717) is 0 Å². The van der Waals surface area contributed by atoms with Gasteiger partial charge in [0, 0.05) is 4.43 Å². The molecule has 0 saturated heterocycles. The van der Waals surface area contributed by atoms with Gasteiger partial charge < -0.3 is 4.74 Å². The third-order valence-corrected chi connectivity index (χ3v) is 8.09. The molecule has 0 N–H and O–H groups in total. The molecule has 1 unspecified atom stereocenters. The van der Waals surface area contributed by atoms with Gasteiger partial charge in [0.25, 0.3) is 0 Å². The van der Waals surface area contributed by atoms with Crippen LogP contribution in [0.1, 0.15) is 91.9 Å². The fourth-order valence-corrected chi connectivity index (χ4v) is 5.73. The van der Waals surface area contributed by atoms with Crippen LogP contribution in [0.15, 0.2) is 0 Å². The molecule has 0 amide bonds. The lowest BCUT2D eigenvalue weighted by atomic mass is 10.1. The molecule has 154 valence electrons. The van der Waals surface area contributed by atoms with Crippen molar-refractivity contribution in [3.05, 3.63) is 0 Å². The summed E-state index contributed by atoms with van der Waals surface area (Å²) in [6.45, 7) is 7.97. The predicted molar refractivity (Wildman–Crippen MR) is 133 cm³/mol. The third-order valence-electron chi connectivity index (χ3n) is 3.77. The largest absolute Gasteiger partial charge is 0.459 e. The third kappa shape index (κ3) is 17.1. The lowest BCUT2D eigenvalue weighted by molar-refractivity contribution is -0.153. The first kappa shape index (κ1) is 27.0. The second-order valence-electron chi connectivity index (χ2n) is 7.57. The van der Waals surface area contributed by atoms with Gasteiger partial charge in [-0.15, -0.1) is 11.8 Å². The molecular weight excluding hydrogens is 495 g/mol. The van der Waals surface area contributed by atoms with Crippen molar-refractivity contribution >= 4 is 67.8 Å². The molecule has 0 bridgehead atoms. The highest BCUT2D eigenvalue weighted by Gasteiger charge is 2.26. The van der Waals surface area contributed by atoms with Gasteiger partial charge in [-0.2, -0.15) is 0 Å². The summed E-state index contributed by atoms with van der Waals surface area (Å²) in [6, 6.07) is 0. The maximum atomic E-state index is 12.2. The van der Waals surface area contributed by atoms with Crippen LogP contribution in [0.5, 0.6) is 0 Å². The zero-order valence-electron chi connectivity index (χ0n) is 17.0. The van der Waals surface area contributed by atoms with Gasteiger partial charge in [-0.3, -0.25) is 4.79 Å². The van der Waals surface area contributed by atoms with Crippen molar-refractivity contribution in [3.63, 3.8) is 0 Å². The monoisotopic (exact) mass is 532 g/mol. The molecule has 0 radical (unpaired) electrons. The van der Waals surface area contributed by atoms with Gasteiger partial charge in [0.05, 0.1) is 0 Å². The molecule has 0 spiro atoms. The molecular formula is C20H37IO2S3. The number of alkyl halides is 1. The van der Waals surface area contributed by atoms with E-state index in [1.807, 2.05) is 20.8 Å². The number of thiocarbonyl (C=S) groups is 1. The first-order valence-corrected chi connectivity index (χ1v) is 13.7. The summed E-state index contributed by atoms with van der Waals surface area (Å²) in [4.78, 5) is 12.2. The summed E-state index contributed by atoms with van der Waals surface area (Å²) < 4.78 is 7.06. The number of hydrogen-bond acceptors (Lipinski definition) is 5. The van der Waals surface area contributed by atoms with Crippen LogP contribution in [0.25, 0.3) is 0 Å². The predicted octanol–water partition coefficient (Wildman–Crippen LogP) is 7.80. The van der Waals surface area contributed by atoms with Crippen molar-refractivity contribution in [3.8, 4) is 0 Å². The van der Waals surface area contributed by atoms with E-state index in [4.69, 9.17) is 17.0 Å². The number of carbonyl (C=O) groups excluding carboxylic acids is 1. The molecule has 2 nitrogen and oxygen atoms in total. The molecule has 0 saturated carbocycles. The minimum absolute atomic E-state index is 0.154. The summed E-state index contributed by atoms with van der Waals surface area (Å²) in [5, 5.41) is -0.192. The van der Waals surface area contributed by atoms with Crippen molar-refractivity contribution in [2.75, 3.05) is 10.2 Å². The first-order valence-electron chi connectivity index (χ1n) is 9.92. The smallest absolute Gasteiger partial charge is 0.320 e. The summed E-state index contributed by atoms with van der Waals surface area (Å²) in [7, 11) is 0. The molecule has 0 rings (SSSR count). The van der Waals surface area contributed by atoms with Crippen molar-refractivity contribution in [2.45, 2.75) is 103 Å². The molecule has 0 heterocycles. The summed E-state index contributed by atoms with van der Waals surface area (Å²) in [5.41, 5.74) is -0.438. The highest BCUT2D eigenvalue weighted by Crippen LogP contribution is 2.26. The Morgan fingerprint density at radius 1 is 1.00 bits per heavy atom. The van der Waals surface area contributed by atoms with Crippen LogP contribution in [0, 0.1) is 0 Å².